The van der Waals surface area contributed by atoms with Crippen LogP contribution in [0.1, 0.15) is 33.6 Å². The number of hydrogen-bond donors (Lipinski definition) is 1. The molecule has 5 nitrogen and oxygen atoms in total. The van der Waals surface area contributed by atoms with Gasteiger partial charge in [-0.2, -0.15) is 0 Å². The van der Waals surface area contributed by atoms with Crippen LogP contribution in [0, 0.1) is 5.92 Å². The van der Waals surface area contributed by atoms with Gasteiger partial charge < -0.3 is 15.0 Å². The quantitative estimate of drug-likeness (QED) is 0.907. The van der Waals surface area contributed by atoms with Crippen molar-refractivity contribution in [1.29, 1.82) is 0 Å². The van der Waals surface area contributed by atoms with Gasteiger partial charge >= 0.3 is 0 Å². The lowest BCUT2D eigenvalue weighted by molar-refractivity contribution is -0.121. The summed E-state index contributed by atoms with van der Waals surface area (Å²) in [5, 5.41) is 2.85. The van der Waals surface area contributed by atoms with Crippen LogP contribution in [0.25, 0.3) is 0 Å². The predicted octanol–water partition coefficient (Wildman–Crippen LogP) is 2.81. The van der Waals surface area contributed by atoms with E-state index in [1.54, 1.807) is 17.0 Å². The number of ether oxygens (including phenoxy) is 1. The molecule has 0 aliphatic carbocycles. The van der Waals surface area contributed by atoms with E-state index in [0.29, 0.717) is 18.0 Å². The Labute approximate surface area is 125 Å². The van der Waals surface area contributed by atoms with Gasteiger partial charge in [-0.05, 0) is 24.6 Å². The van der Waals surface area contributed by atoms with Crippen molar-refractivity contribution in [3.63, 3.8) is 0 Å². The molecule has 1 heterocycles. The number of carbonyl (C=O) groups excluding carboxylic acids is 2. The van der Waals surface area contributed by atoms with E-state index in [4.69, 9.17) is 4.74 Å². The van der Waals surface area contributed by atoms with Crippen LogP contribution in [0.3, 0.4) is 0 Å². The molecule has 0 unspecified atom stereocenters. The summed E-state index contributed by atoms with van der Waals surface area (Å²) in [6.07, 6.45) is 1.96. The third-order valence-electron chi connectivity index (χ3n) is 3.43. The molecule has 1 aromatic carbocycles. The van der Waals surface area contributed by atoms with Crippen molar-refractivity contribution in [2.75, 3.05) is 23.4 Å². The zero-order valence-electron chi connectivity index (χ0n) is 12.8. The molecule has 1 aliphatic heterocycles. The molecule has 0 radical (unpaired) electrons. The first kappa shape index (κ1) is 15.4. The lowest BCUT2D eigenvalue weighted by Crippen LogP contribution is -2.39. The zero-order chi connectivity index (χ0) is 15.4. The number of amides is 2. The molecular formula is C16H22N2O3. The van der Waals surface area contributed by atoms with E-state index >= 15 is 0 Å². The fourth-order valence-corrected chi connectivity index (χ4v) is 2.13. The average molecular weight is 290 g/mol. The zero-order valence-corrected chi connectivity index (χ0v) is 12.8. The minimum atomic E-state index is -0.0879. The Hall–Kier alpha value is -2.04. The summed E-state index contributed by atoms with van der Waals surface area (Å²) in [7, 11) is 0. The molecule has 2 rings (SSSR count). The van der Waals surface area contributed by atoms with Crippen LogP contribution < -0.4 is 15.0 Å². The normalized spacial score (nSPS) is 13.9. The van der Waals surface area contributed by atoms with Crippen molar-refractivity contribution in [2.24, 2.45) is 5.92 Å². The molecule has 0 bridgehead atoms. The van der Waals surface area contributed by atoms with Crippen molar-refractivity contribution in [2.45, 2.75) is 33.6 Å². The first-order valence-electron chi connectivity index (χ1n) is 7.41. The number of fused-ring (bicyclic) bond motifs is 1. The third kappa shape index (κ3) is 3.54. The summed E-state index contributed by atoms with van der Waals surface area (Å²) < 4.78 is 5.45. The molecule has 0 saturated carbocycles. The molecule has 0 saturated heterocycles. The molecule has 1 aliphatic rings. The predicted molar refractivity (Wildman–Crippen MR) is 82.7 cm³/mol. The van der Waals surface area contributed by atoms with Gasteiger partial charge in [0, 0.05) is 18.2 Å². The highest BCUT2D eigenvalue weighted by Crippen LogP contribution is 2.34. The van der Waals surface area contributed by atoms with E-state index in [2.05, 4.69) is 12.2 Å². The van der Waals surface area contributed by atoms with Gasteiger partial charge in [-0.1, -0.05) is 27.2 Å². The van der Waals surface area contributed by atoms with Crippen molar-refractivity contribution in [3.8, 4) is 5.75 Å². The number of hydrogen-bond acceptors (Lipinski definition) is 3. The van der Waals surface area contributed by atoms with Crippen LogP contribution in [0.15, 0.2) is 18.2 Å². The maximum atomic E-state index is 12.0. The number of nitrogens with one attached hydrogen (secondary N) is 1. The molecule has 21 heavy (non-hydrogen) atoms. The van der Waals surface area contributed by atoms with Gasteiger partial charge in [-0.25, -0.2) is 0 Å². The second-order valence-electron chi connectivity index (χ2n) is 5.51. The van der Waals surface area contributed by atoms with Gasteiger partial charge in [-0.15, -0.1) is 0 Å². The molecule has 0 fully saturated rings. The summed E-state index contributed by atoms with van der Waals surface area (Å²) in [5.74, 6) is 0.518. The highest BCUT2D eigenvalue weighted by atomic mass is 16.5. The van der Waals surface area contributed by atoms with Crippen molar-refractivity contribution in [3.05, 3.63) is 18.2 Å². The second kappa shape index (κ2) is 6.61. The second-order valence-corrected chi connectivity index (χ2v) is 5.51. The number of rotatable bonds is 5. The van der Waals surface area contributed by atoms with Crippen LogP contribution in [0.2, 0.25) is 0 Å². The topological polar surface area (TPSA) is 58.6 Å². The molecular weight excluding hydrogens is 268 g/mol. The Kier molecular flexibility index (Phi) is 4.83. The largest absolute Gasteiger partial charge is 0.482 e. The minimum absolute atomic E-state index is 0.0386. The molecule has 1 N–H and O–H groups in total. The molecule has 114 valence electrons. The maximum Gasteiger partial charge on any atom is 0.265 e. The van der Waals surface area contributed by atoms with Gasteiger partial charge in [-0.3, -0.25) is 9.59 Å². The van der Waals surface area contributed by atoms with Crippen LogP contribution in [-0.4, -0.2) is 25.0 Å². The Morgan fingerprint density at radius 2 is 2.19 bits per heavy atom. The average Bonchev–Trinajstić information content (AvgIpc) is 2.46. The van der Waals surface area contributed by atoms with Crippen molar-refractivity contribution in [1.82, 2.24) is 0 Å². The SMILES string of the molecule is CCCCN1C(=O)COc2ccc(NC(=O)C(C)C)cc21. The third-order valence-corrected chi connectivity index (χ3v) is 3.43. The summed E-state index contributed by atoms with van der Waals surface area (Å²) in [4.78, 5) is 25.5. The van der Waals surface area contributed by atoms with E-state index in [-0.39, 0.29) is 24.3 Å². The first-order valence-corrected chi connectivity index (χ1v) is 7.41. The lowest BCUT2D eigenvalue weighted by Gasteiger charge is -2.29. The van der Waals surface area contributed by atoms with Crippen molar-refractivity contribution < 1.29 is 14.3 Å². The maximum absolute atomic E-state index is 12.0. The Morgan fingerprint density at radius 1 is 1.43 bits per heavy atom. The van der Waals surface area contributed by atoms with Crippen LogP contribution in [-0.2, 0) is 9.59 Å². The summed E-state index contributed by atoms with van der Waals surface area (Å²) in [5.41, 5.74) is 1.42. The number of unbranched alkanes of at least 4 members (excludes halogenated alkanes) is 1. The smallest absolute Gasteiger partial charge is 0.265 e. The number of nitrogens with zero attached hydrogens (tertiary/aromatic N) is 1. The van der Waals surface area contributed by atoms with E-state index in [0.717, 1.165) is 18.5 Å². The first-order chi connectivity index (χ1) is 10.0. The minimum Gasteiger partial charge on any atom is -0.482 e. The Bertz CT molecular complexity index is 540. The number of benzene rings is 1. The summed E-state index contributed by atoms with van der Waals surface area (Å²) in [6.45, 7) is 6.52. The van der Waals surface area contributed by atoms with E-state index < -0.39 is 0 Å². The number of anilines is 2. The fourth-order valence-electron chi connectivity index (χ4n) is 2.13. The van der Waals surface area contributed by atoms with Gasteiger partial charge in [0.15, 0.2) is 6.61 Å². The summed E-state index contributed by atoms with van der Waals surface area (Å²) in [6, 6.07) is 5.41. The van der Waals surface area contributed by atoms with Crippen molar-refractivity contribution >= 4 is 23.2 Å². The van der Waals surface area contributed by atoms with Gasteiger partial charge in [0.25, 0.3) is 5.91 Å². The van der Waals surface area contributed by atoms with Crippen LogP contribution in [0.4, 0.5) is 11.4 Å². The van der Waals surface area contributed by atoms with Crippen LogP contribution in [0.5, 0.6) is 5.75 Å². The van der Waals surface area contributed by atoms with Gasteiger partial charge in [0.2, 0.25) is 5.91 Å². The molecule has 0 spiro atoms. The lowest BCUT2D eigenvalue weighted by atomic mass is 10.1. The van der Waals surface area contributed by atoms with Crippen LogP contribution >= 0.6 is 0 Å². The monoisotopic (exact) mass is 290 g/mol. The standard InChI is InChI=1S/C16H22N2O3/c1-4-5-8-18-13-9-12(17-16(20)11(2)3)6-7-14(13)21-10-15(18)19/h6-7,9,11H,4-5,8,10H2,1-3H3,(H,17,20). The highest BCUT2D eigenvalue weighted by Gasteiger charge is 2.25. The molecule has 1 aromatic rings. The highest BCUT2D eigenvalue weighted by molar-refractivity contribution is 5.99. The molecule has 0 aromatic heterocycles. The fraction of sp³-hybridized carbons (Fsp3) is 0.500. The van der Waals surface area contributed by atoms with E-state index in [1.165, 1.54) is 0 Å². The Morgan fingerprint density at radius 3 is 2.86 bits per heavy atom. The van der Waals surface area contributed by atoms with Gasteiger partial charge in [0.05, 0.1) is 5.69 Å². The Balaban J connectivity index is 2.25. The van der Waals surface area contributed by atoms with E-state index in [1.807, 2.05) is 19.9 Å². The molecule has 5 heteroatoms. The van der Waals surface area contributed by atoms with Gasteiger partial charge in [0.1, 0.15) is 5.75 Å². The molecule has 0 atom stereocenters. The number of carbonyl (C=O) groups is 2. The molecule has 2 amide bonds. The summed E-state index contributed by atoms with van der Waals surface area (Å²) >= 11 is 0. The van der Waals surface area contributed by atoms with E-state index in [9.17, 15) is 9.59 Å².